The van der Waals surface area contributed by atoms with E-state index in [9.17, 15) is 4.79 Å². The zero-order chi connectivity index (χ0) is 9.14. The fraction of sp³-hybridized carbons (Fsp3) is 0.125. The largest absolute Gasteiger partial charge is 0.392 e. The van der Waals surface area contributed by atoms with Crippen molar-refractivity contribution in [3.05, 3.63) is 32.9 Å². The molecule has 0 aliphatic carbocycles. The van der Waals surface area contributed by atoms with Crippen LogP contribution in [0.4, 0.5) is 0 Å². The van der Waals surface area contributed by atoms with Gasteiger partial charge in [0.25, 0.3) is 5.24 Å². The highest BCUT2D eigenvalue weighted by atomic mass is 127. The zero-order valence-electron chi connectivity index (χ0n) is 6.05. The average Bonchev–Trinajstić information content (AvgIpc) is 2.04. The van der Waals surface area contributed by atoms with Gasteiger partial charge in [0.05, 0.1) is 6.61 Å². The molecule has 0 radical (unpaired) electrons. The Kier molecular flexibility index (Phi) is 3.49. The SMILES string of the molecule is O=C(Cl)c1ccc(CO)c(I)c1. The first-order chi connectivity index (χ1) is 5.65. The van der Waals surface area contributed by atoms with E-state index in [1.165, 1.54) is 0 Å². The van der Waals surface area contributed by atoms with Gasteiger partial charge in [-0.25, -0.2) is 0 Å². The monoisotopic (exact) mass is 296 g/mol. The molecule has 4 heteroatoms. The Morgan fingerprint density at radius 3 is 2.67 bits per heavy atom. The van der Waals surface area contributed by atoms with Gasteiger partial charge in [-0.05, 0) is 51.9 Å². The minimum absolute atomic E-state index is 0.0188. The predicted molar refractivity (Wildman–Crippen MR) is 55.3 cm³/mol. The molecule has 64 valence electrons. The summed E-state index contributed by atoms with van der Waals surface area (Å²) in [6.45, 7) is -0.0188. The molecule has 0 aliphatic heterocycles. The normalized spacial score (nSPS) is 9.92. The third kappa shape index (κ3) is 2.18. The first-order valence-electron chi connectivity index (χ1n) is 3.24. The number of hydrogen-bond acceptors (Lipinski definition) is 2. The van der Waals surface area contributed by atoms with E-state index >= 15 is 0 Å². The molecule has 2 nitrogen and oxygen atoms in total. The summed E-state index contributed by atoms with van der Waals surface area (Å²) in [7, 11) is 0. The van der Waals surface area contributed by atoms with Crippen LogP contribution < -0.4 is 0 Å². The maximum absolute atomic E-state index is 10.7. The molecule has 1 rings (SSSR count). The van der Waals surface area contributed by atoms with Gasteiger partial charge in [0.1, 0.15) is 0 Å². The number of carbonyl (C=O) groups excluding carboxylic acids is 1. The molecule has 0 unspecified atom stereocenters. The Balaban J connectivity index is 3.10. The van der Waals surface area contributed by atoms with E-state index in [1.807, 2.05) is 22.6 Å². The lowest BCUT2D eigenvalue weighted by Crippen LogP contribution is -1.93. The summed E-state index contributed by atoms with van der Waals surface area (Å²) in [6.07, 6.45) is 0. The summed E-state index contributed by atoms with van der Waals surface area (Å²) in [5.74, 6) is 0. The molecule has 0 saturated heterocycles. The van der Waals surface area contributed by atoms with Crippen molar-refractivity contribution in [2.75, 3.05) is 0 Å². The van der Waals surface area contributed by atoms with Crippen molar-refractivity contribution in [1.82, 2.24) is 0 Å². The van der Waals surface area contributed by atoms with Crippen LogP contribution in [0.1, 0.15) is 15.9 Å². The van der Waals surface area contributed by atoms with Gasteiger partial charge in [-0.1, -0.05) is 6.07 Å². The number of carbonyl (C=O) groups is 1. The molecule has 0 atom stereocenters. The van der Waals surface area contributed by atoms with Crippen LogP contribution >= 0.6 is 34.2 Å². The summed E-state index contributed by atoms with van der Waals surface area (Å²) in [5.41, 5.74) is 1.26. The maximum atomic E-state index is 10.7. The van der Waals surface area contributed by atoms with E-state index in [-0.39, 0.29) is 6.61 Å². The summed E-state index contributed by atoms with van der Waals surface area (Å²) in [6, 6.07) is 4.95. The summed E-state index contributed by atoms with van der Waals surface area (Å²) in [4.78, 5) is 10.7. The highest BCUT2D eigenvalue weighted by Gasteiger charge is 2.04. The topological polar surface area (TPSA) is 37.3 Å². The lowest BCUT2D eigenvalue weighted by atomic mass is 10.2. The molecule has 0 amide bonds. The molecule has 0 spiro atoms. The van der Waals surface area contributed by atoms with Crippen LogP contribution in [-0.2, 0) is 6.61 Å². The molecule has 12 heavy (non-hydrogen) atoms. The van der Waals surface area contributed by atoms with Crippen molar-refractivity contribution in [1.29, 1.82) is 0 Å². The van der Waals surface area contributed by atoms with Crippen LogP contribution in [-0.4, -0.2) is 10.3 Å². The van der Waals surface area contributed by atoms with Crippen molar-refractivity contribution >= 4 is 39.4 Å². The molecule has 0 fully saturated rings. The first-order valence-corrected chi connectivity index (χ1v) is 4.70. The molecule has 0 saturated carbocycles. The van der Waals surface area contributed by atoms with Gasteiger partial charge in [-0.15, -0.1) is 0 Å². The van der Waals surface area contributed by atoms with Crippen LogP contribution in [0.15, 0.2) is 18.2 Å². The van der Waals surface area contributed by atoms with Crippen LogP contribution in [0.2, 0.25) is 0 Å². The molecule has 1 aromatic rings. The molecule has 0 aromatic heterocycles. The zero-order valence-corrected chi connectivity index (χ0v) is 8.96. The van der Waals surface area contributed by atoms with Gasteiger partial charge in [0, 0.05) is 9.13 Å². The Morgan fingerprint density at radius 1 is 1.58 bits per heavy atom. The minimum Gasteiger partial charge on any atom is -0.392 e. The minimum atomic E-state index is -0.475. The second-order valence-corrected chi connectivity index (χ2v) is 3.74. The third-order valence-electron chi connectivity index (χ3n) is 1.45. The van der Waals surface area contributed by atoms with E-state index in [4.69, 9.17) is 16.7 Å². The van der Waals surface area contributed by atoms with Gasteiger partial charge in [0.15, 0.2) is 0 Å². The van der Waals surface area contributed by atoms with Gasteiger partial charge >= 0.3 is 0 Å². The number of benzene rings is 1. The Labute approximate surface area is 88.7 Å². The molecule has 0 bridgehead atoms. The van der Waals surface area contributed by atoms with Gasteiger partial charge in [0.2, 0.25) is 0 Å². The Bertz CT molecular complexity index is 312. The van der Waals surface area contributed by atoms with E-state index in [1.54, 1.807) is 18.2 Å². The number of rotatable bonds is 2. The molecule has 0 aliphatic rings. The highest BCUT2D eigenvalue weighted by molar-refractivity contribution is 14.1. The van der Waals surface area contributed by atoms with E-state index in [0.717, 1.165) is 9.13 Å². The van der Waals surface area contributed by atoms with Gasteiger partial charge < -0.3 is 5.11 Å². The fourth-order valence-electron chi connectivity index (χ4n) is 0.798. The smallest absolute Gasteiger partial charge is 0.252 e. The molecule has 0 heterocycles. The molecular weight excluding hydrogens is 290 g/mol. The van der Waals surface area contributed by atoms with Crippen LogP contribution in [0.5, 0.6) is 0 Å². The van der Waals surface area contributed by atoms with Crippen LogP contribution in [0.25, 0.3) is 0 Å². The predicted octanol–water partition coefficient (Wildman–Crippen LogP) is 2.16. The van der Waals surface area contributed by atoms with Crippen molar-refractivity contribution in [2.45, 2.75) is 6.61 Å². The highest BCUT2D eigenvalue weighted by Crippen LogP contribution is 2.15. The Morgan fingerprint density at radius 2 is 2.25 bits per heavy atom. The van der Waals surface area contributed by atoms with Crippen molar-refractivity contribution < 1.29 is 9.90 Å². The second kappa shape index (κ2) is 4.20. The van der Waals surface area contributed by atoms with Crippen molar-refractivity contribution in [2.24, 2.45) is 0 Å². The average molecular weight is 296 g/mol. The fourth-order valence-corrected chi connectivity index (χ4v) is 1.60. The quantitative estimate of drug-likeness (QED) is 0.671. The van der Waals surface area contributed by atoms with E-state index in [0.29, 0.717) is 5.56 Å². The molecule has 1 N–H and O–H groups in total. The summed E-state index contributed by atoms with van der Waals surface area (Å²) < 4.78 is 0.849. The van der Waals surface area contributed by atoms with Crippen LogP contribution in [0.3, 0.4) is 0 Å². The van der Waals surface area contributed by atoms with E-state index < -0.39 is 5.24 Å². The summed E-state index contributed by atoms with van der Waals surface area (Å²) in [5, 5.41) is 8.35. The molecular formula is C8H6ClIO2. The second-order valence-electron chi connectivity index (χ2n) is 2.24. The van der Waals surface area contributed by atoms with Crippen molar-refractivity contribution in [3.8, 4) is 0 Å². The van der Waals surface area contributed by atoms with E-state index in [2.05, 4.69) is 0 Å². The number of halogens is 2. The van der Waals surface area contributed by atoms with Crippen molar-refractivity contribution in [3.63, 3.8) is 0 Å². The Hall–Kier alpha value is -0.130. The standard InChI is InChI=1S/C8H6ClIO2/c9-8(12)5-1-2-6(4-11)7(10)3-5/h1-3,11H,4H2. The summed E-state index contributed by atoms with van der Waals surface area (Å²) >= 11 is 7.31. The number of aliphatic hydroxyl groups is 1. The number of aliphatic hydroxyl groups excluding tert-OH is 1. The lowest BCUT2D eigenvalue weighted by Gasteiger charge is -2.00. The van der Waals surface area contributed by atoms with Crippen LogP contribution in [0, 0.1) is 3.57 Å². The van der Waals surface area contributed by atoms with Gasteiger partial charge in [-0.3, -0.25) is 4.79 Å². The lowest BCUT2D eigenvalue weighted by molar-refractivity contribution is 0.108. The maximum Gasteiger partial charge on any atom is 0.252 e. The first kappa shape index (κ1) is 9.95. The van der Waals surface area contributed by atoms with Gasteiger partial charge in [-0.2, -0.15) is 0 Å². The third-order valence-corrected chi connectivity index (χ3v) is 2.67. The molecule has 1 aromatic carbocycles. The number of hydrogen-bond donors (Lipinski definition) is 1.